The number of allylic oxidation sites excluding steroid dienone is 1. The standard InChI is InChI=1S/C11H12ClN5O/c1-2-3-4-8-18-11-15-9(12)14-10(16-11)17-7-5-6-13-17/h2,5-7H,1,3-4,8H2. The first-order chi connectivity index (χ1) is 8.79. The van der Waals surface area contributed by atoms with Crippen LogP contribution in [0.1, 0.15) is 12.8 Å². The molecule has 0 unspecified atom stereocenters. The zero-order valence-corrected chi connectivity index (χ0v) is 10.4. The van der Waals surface area contributed by atoms with Crippen LogP contribution in [0.5, 0.6) is 6.01 Å². The highest BCUT2D eigenvalue weighted by atomic mass is 35.5. The highest BCUT2D eigenvalue weighted by Crippen LogP contribution is 2.11. The number of ether oxygens (including phenoxy) is 1. The highest BCUT2D eigenvalue weighted by Gasteiger charge is 2.07. The van der Waals surface area contributed by atoms with Crippen molar-refractivity contribution in [3.05, 3.63) is 36.4 Å². The molecule has 6 nitrogen and oxygen atoms in total. The molecule has 0 bridgehead atoms. The monoisotopic (exact) mass is 265 g/mol. The lowest BCUT2D eigenvalue weighted by Crippen LogP contribution is -2.07. The van der Waals surface area contributed by atoms with Crippen molar-refractivity contribution in [3.63, 3.8) is 0 Å². The Morgan fingerprint density at radius 3 is 3.00 bits per heavy atom. The van der Waals surface area contributed by atoms with Crippen molar-refractivity contribution in [2.24, 2.45) is 0 Å². The third kappa shape index (κ3) is 3.27. The van der Waals surface area contributed by atoms with E-state index in [0.717, 1.165) is 12.8 Å². The molecule has 7 heteroatoms. The Kier molecular flexibility index (Phi) is 4.25. The Labute approximate surface area is 109 Å². The minimum absolute atomic E-state index is 0.0780. The molecule has 0 saturated carbocycles. The van der Waals surface area contributed by atoms with E-state index < -0.39 is 0 Å². The molecule has 0 fully saturated rings. The van der Waals surface area contributed by atoms with Gasteiger partial charge in [-0.15, -0.1) is 6.58 Å². The van der Waals surface area contributed by atoms with Gasteiger partial charge in [-0.05, 0) is 30.5 Å². The van der Waals surface area contributed by atoms with Gasteiger partial charge < -0.3 is 4.74 Å². The fourth-order valence-electron chi connectivity index (χ4n) is 1.27. The van der Waals surface area contributed by atoms with Gasteiger partial charge in [0.25, 0.3) is 5.95 Å². The molecule has 0 atom stereocenters. The summed E-state index contributed by atoms with van der Waals surface area (Å²) in [6, 6.07) is 1.96. The zero-order chi connectivity index (χ0) is 12.8. The maximum atomic E-state index is 5.81. The third-order valence-electron chi connectivity index (χ3n) is 2.07. The second-order valence-corrected chi connectivity index (χ2v) is 3.76. The minimum Gasteiger partial charge on any atom is -0.463 e. The summed E-state index contributed by atoms with van der Waals surface area (Å²) < 4.78 is 6.88. The van der Waals surface area contributed by atoms with E-state index in [-0.39, 0.29) is 11.3 Å². The second-order valence-electron chi connectivity index (χ2n) is 3.42. The Hall–Kier alpha value is -1.95. The van der Waals surface area contributed by atoms with Crippen LogP contribution in [0.2, 0.25) is 5.28 Å². The van der Waals surface area contributed by atoms with Crippen LogP contribution in [-0.4, -0.2) is 31.3 Å². The lowest BCUT2D eigenvalue weighted by molar-refractivity contribution is 0.286. The average molecular weight is 266 g/mol. The van der Waals surface area contributed by atoms with Gasteiger partial charge in [-0.2, -0.15) is 20.1 Å². The molecule has 0 radical (unpaired) electrons. The van der Waals surface area contributed by atoms with Crippen molar-refractivity contribution >= 4 is 11.6 Å². The summed E-state index contributed by atoms with van der Waals surface area (Å²) >= 11 is 5.81. The topological polar surface area (TPSA) is 65.7 Å². The fourth-order valence-corrected chi connectivity index (χ4v) is 1.42. The molecule has 18 heavy (non-hydrogen) atoms. The first-order valence-electron chi connectivity index (χ1n) is 5.45. The van der Waals surface area contributed by atoms with E-state index in [1.54, 1.807) is 18.5 Å². The van der Waals surface area contributed by atoms with Gasteiger partial charge in [-0.25, -0.2) is 4.68 Å². The normalized spacial score (nSPS) is 10.3. The third-order valence-corrected chi connectivity index (χ3v) is 2.24. The summed E-state index contributed by atoms with van der Waals surface area (Å²) in [4.78, 5) is 12.0. The molecule has 2 aromatic heterocycles. The van der Waals surface area contributed by atoms with Crippen molar-refractivity contribution in [2.75, 3.05) is 6.61 Å². The molecule has 0 aliphatic rings. The quantitative estimate of drug-likeness (QED) is 0.591. The SMILES string of the molecule is C=CCCCOc1nc(Cl)nc(-n2cccn2)n1. The van der Waals surface area contributed by atoms with Gasteiger partial charge in [0.15, 0.2) is 0 Å². The molecule has 2 heterocycles. The van der Waals surface area contributed by atoms with Crippen LogP contribution in [0.15, 0.2) is 31.1 Å². The van der Waals surface area contributed by atoms with Gasteiger partial charge in [-0.1, -0.05) is 6.08 Å². The van der Waals surface area contributed by atoms with E-state index in [1.807, 2.05) is 6.08 Å². The van der Waals surface area contributed by atoms with Crippen LogP contribution in [0.3, 0.4) is 0 Å². The summed E-state index contributed by atoms with van der Waals surface area (Å²) in [7, 11) is 0. The number of halogens is 1. The number of aromatic nitrogens is 5. The molecule has 0 amide bonds. The van der Waals surface area contributed by atoms with Gasteiger partial charge >= 0.3 is 6.01 Å². The number of hydrogen-bond donors (Lipinski definition) is 0. The van der Waals surface area contributed by atoms with E-state index in [1.165, 1.54) is 4.68 Å². The number of unbranched alkanes of at least 4 members (excludes halogenated alkanes) is 1. The molecule has 2 rings (SSSR count). The van der Waals surface area contributed by atoms with Gasteiger partial charge in [0.05, 0.1) is 6.61 Å². The first kappa shape index (κ1) is 12.5. The molecule has 0 aliphatic carbocycles. The summed E-state index contributed by atoms with van der Waals surface area (Å²) in [6.45, 7) is 4.14. The molecule has 0 saturated heterocycles. The molecule has 2 aromatic rings. The van der Waals surface area contributed by atoms with E-state index in [9.17, 15) is 0 Å². The maximum Gasteiger partial charge on any atom is 0.322 e. The summed E-state index contributed by atoms with van der Waals surface area (Å²) in [5.74, 6) is 0.332. The van der Waals surface area contributed by atoms with Gasteiger partial charge in [0.1, 0.15) is 0 Å². The van der Waals surface area contributed by atoms with Crippen molar-refractivity contribution in [1.29, 1.82) is 0 Å². The Morgan fingerprint density at radius 2 is 2.28 bits per heavy atom. The predicted molar refractivity (Wildman–Crippen MR) is 66.9 cm³/mol. The van der Waals surface area contributed by atoms with Gasteiger partial charge in [-0.3, -0.25) is 0 Å². The Bertz CT molecular complexity index is 514. The molecule has 0 aromatic carbocycles. The highest BCUT2D eigenvalue weighted by molar-refractivity contribution is 6.28. The van der Waals surface area contributed by atoms with Crippen molar-refractivity contribution in [3.8, 4) is 12.0 Å². The van der Waals surface area contributed by atoms with Crippen LogP contribution < -0.4 is 4.74 Å². The summed E-state index contributed by atoms with van der Waals surface area (Å²) in [5.41, 5.74) is 0. The summed E-state index contributed by atoms with van der Waals surface area (Å²) in [5, 5.41) is 4.09. The van der Waals surface area contributed by atoms with Crippen LogP contribution in [0, 0.1) is 0 Å². The number of hydrogen-bond acceptors (Lipinski definition) is 5. The second kappa shape index (κ2) is 6.11. The lowest BCUT2D eigenvalue weighted by Gasteiger charge is -2.05. The van der Waals surface area contributed by atoms with Gasteiger partial charge in [0, 0.05) is 12.4 Å². The van der Waals surface area contributed by atoms with E-state index >= 15 is 0 Å². The fraction of sp³-hybridized carbons (Fsp3) is 0.273. The van der Waals surface area contributed by atoms with Crippen LogP contribution in [0.25, 0.3) is 5.95 Å². The molecular formula is C11H12ClN5O. The lowest BCUT2D eigenvalue weighted by atomic mass is 10.3. The average Bonchev–Trinajstić information content (AvgIpc) is 2.88. The first-order valence-corrected chi connectivity index (χ1v) is 5.82. The van der Waals surface area contributed by atoms with E-state index in [2.05, 4.69) is 26.6 Å². The van der Waals surface area contributed by atoms with Crippen molar-refractivity contribution in [2.45, 2.75) is 12.8 Å². The molecule has 94 valence electrons. The van der Waals surface area contributed by atoms with Crippen LogP contribution in [0.4, 0.5) is 0 Å². The smallest absolute Gasteiger partial charge is 0.322 e. The largest absolute Gasteiger partial charge is 0.463 e. The van der Waals surface area contributed by atoms with E-state index in [0.29, 0.717) is 12.6 Å². The number of nitrogens with zero attached hydrogens (tertiary/aromatic N) is 5. The van der Waals surface area contributed by atoms with Crippen molar-refractivity contribution < 1.29 is 4.74 Å². The Balaban J connectivity index is 2.09. The maximum absolute atomic E-state index is 5.81. The van der Waals surface area contributed by atoms with Gasteiger partial charge in [0.2, 0.25) is 5.28 Å². The van der Waals surface area contributed by atoms with E-state index in [4.69, 9.17) is 16.3 Å². The van der Waals surface area contributed by atoms with Crippen LogP contribution >= 0.6 is 11.6 Å². The zero-order valence-electron chi connectivity index (χ0n) is 9.66. The predicted octanol–water partition coefficient (Wildman–Crippen LogP) is 2.06. The molecule has 0 N–H and O–H groups in total. The molecular weight excluding hydrogens is 254 g/mol. The summed E-state index contributed by atoms with van der Waals surface area (Å²) in [6.07, 6.45) is 6.91. The minimum atomic E-state index is 0.0780. The number of rotatable bonds is 6. The molecule has 0 spiro atoms. The Morgan fingerprint density at radius 1 is 1.39 bits per heavy atom. The van der Waals surface area contributed by atoms with Crippen molar-refractivity contribution in [1.82, 2.24) is 24.7 Å². The van der Waals surface area contributed by atoms with Crippen LogP contribution in [-0.2, 0) is 0 Å². The molecule has 0 aliphatic heterocycles.